The normalized spacial score (nSPS) is 13.3. The molecule has 0 aliphatic rings. The summed E-state index contributed by atoms with van der Waals surface area (Å²) in [6.45, 7) is 4.66. The van der Waals surface area contributed by atoms with Gasteiger partial charge in [-0.25, -0.2) is 4.79 Å². The van der Waals surface area contributed by atoms with E-state index in [1.807, 2.05) is 21.1 Å². The number of unbranched alkanes of at least 4 members (excludes halogenated alkanes) is 18. The van der Waals surface area contributed by atoms with Crippen LogP contribution < -0.4 is 0 Å². The van der Waals surface area contributed by atoms with Gasteiger partial charge in [-0.15, -0.1) is 0 Å². The Hall–Kier alpha value is -2.45. The molecule has 0 spiro atoms. The number of carboxylic acids is 1. The molecule has 0 rings (SSSR count). The largest absolute Gasteiger partial charge is 0.477 e. The fraction of sp³-hybridized carbons (Fsp3) is 0.800. The summed E-state index contributed by atoms with van der Waals surface area (Å²) in [6.07, 6.45) is 40.6. The molecule has 0 radical (unpaired) electrons. The molecule has 0 aromatic rings. The highest BCUT2D eigenvalue weighted by molar-refractivity contribution is 5.72. The summed E-state index contributed by atoms with van der Waals surface area (Å²) in [7, 11) is 5.51. The number of allylic oxidation sites excluding steroid dienone is 6. The molecule has 53 heavy (non-hydrogen) atoms. The Kier molecular flexibility index (Phi) is 34.8. The molecule has 308 valence electrons. The van der Waals surface area contributed by atoms with Crippen LogP contribution >= 0.6 is 0 Å². The van der Waals surface area contributed by atoms with Gasteiger partial charge in [0.25, 0.3) is 0 Å². The van der Waals surface area contributed by atoms with Crippen molar-refractivity contribution in [2.45, 2.75) is 193 Å². The topological polar surface area (TPSA) is 99.1 Å². The van der Waals surface area contributed by atoms with Crippen LogP contribution in [0.5, 0.6) is 0 Å². The Bertz CT molecular complexity index is 968. The standard InChI is InChI=1S/C45H81NO7/c1-6-8-10-12-14-15-16-17-18-19-20-21-22-23-24-25-26-27-28-30-31-33-35-43(47)52-40-41(39-51-38-37-42(45(49)50)46(3,4)5)53-44(48)36-34-32-29-13-11-9-7-2/h14-15,17-18,20-21,41-42H,6-13,16,19,22-40H2,1-5H3/p+1/b15-14+,18-17+,21-20+. The Balaban J connectivity index is 4.16. The van der Waals surface area contributed by atoms with E-state index in [1.165, 1.54) is 96.3 Å². The number of hydrogen-bond donors (Lipinski definition) is 1. The predicted octanol–water partition coefficient (Wildman–Crippen LogP) is 11.5. The van der Waals surface area contributed by atoms with Crippen LogP contribution in [-0.2, 0) is 28.6 Å². The van der Waals surface area contributed by atoms with Crippen molar-refractivity contribution >= 4 is 17.9 Å². The number of aliphatic carboxylic acids is 1. The lowest BCUT2D eigenvalue weighted by Crippen LogP contribution is -2.50. The minimum Gasteiger partial charge on any atom is -0.477 e. The van der Waals surface area contributed by atoms with Crippen LogP contribution in [-0.4, -0.2) is 80.6 Å². The maximum Gasteiger partial charge on any atom is 0.362 e. The van der Waals surface area contributed by atoms with Gasteiger partial charge in [0.05, 0.1) is 34.4 Å². The summed E-state index contributed by atoms with van der Waals surface area (Å²) in [5, 5.41) is 9.58. The first-order chi connectivity index (χ1) is 25.6. The third-order valence-corrected chi connectivity index (χ3v) is 9.54. The second kappa shape index (κ2) is 36.5. The predicted molar refractivity (Wildman–Crippen MR) is 220 cm³/mol. The number of ether oxygens (including phenoxy) is 3. The van der Waals surface area contributed by atoms with E-state index in [4.69, 9.17) is 14.2 Å². The van der Waals surface area contributed by atoms with Crippen molar-refractivity contribution in [3.63, 3.8) is 0 Å². The summed E-state index contributed by atoms with van der Waals surface area (Å²) in [6, 6.07) is -0.612. The number of likely N-dealkylation sites (N-methyl/N-ethyl adjacent to an activating group) is 1. The zero-order valence-electron chi connectivity index (χ0n) is 35.0. The highest BCUT2D eigenvalue weighted by atomic mass is 16.6. The highest BCUT2D eigenvalue weighted by Gasteiger charge is 2.31. The fourth-order valence-corrected chi connectivity index (χ4v) is 6.16. The highest BCUT2D eigenvalue weighted by Crippen LogP contribution is 2.14. The molecule has 0 heterocycles. The van der Waals surface area contributed by atoms with Crippen molar-refractivity contribution in [2.24, 2.45) is 0 Å². The lowest BCUT2D eigenvalue weighted by Gasteiger charge is -2.31. The van der Waals surface area contributed by atoms with Gasteiger partial charge in [0, 0.05) is 19.3 Å². The SMILES string of the molecule is CCCCC/C=C/C/C=C/C/C=C/CCCCCCCCCCCC(=O)OCC(COCCC(C(=O)O)[N+](C)(C)C)OC(=O)CCCCCCCCC. The van der Waals surface area contributed by atoms with Gasteiger partial charge in [-0.1, -0.05) is 147 Å². The number of carbonyl (C=O) groups excluding carboxylic acids is 2. The van der Waals surface area contributed by atoms with Gasteiger partial charge < -0.3 is 23.8 Å². The zero-order chi connectivity index (χ0) is 39.3. The third-order valence-electron chi connectivity index (χ3n) is 9.54. The average molecular weight is 749 g/mol. The van der Waals surface area contributed by atoms with Gasteiger partial charge in [-0.3, -0.25) is 9.59 Å². The molecular formula is C45H82NO7+. The second-order valence-electron chi connectivity index (χ2n) is 15.6. The summed E-state index contributed by atoms with van der Waals surface area (Å²) >= 11 is 0. The Morgan fingerprint density at radius 1 is 0.566 bits per heavy atom. The second-order valence-corrected chi connectivity index (χ2v) is 15.6. The quantitative estimate of drug-likeness (QED) is 0.0290. The van der Waals surface area contributed by atoms with Crippen molar-refractivity contribution in [3.8, 4) is 0 Å². The van der Waals surface area contributed by atoms with Crippen LogP contribution in [0.1, 0.15) is 181 Å². The Morgan fingerprint density at radius 3 is 1.51 bits per heavy atom. The fourth-order valence-electron chi connectivity index (χ4n) is 6.16. The van der Waals surface area contributed by atoms with E-state index in [1.54, 1.807) is 0 Å². The summed E-state index contributed by atoms with van der Waals surface area (Å²) in [5.74, 6) is -1.48. The van der Waals surface area contributed by atoms with Gasteiger partial charge in [0.1, 0.15) is 6.61 Å². The molecule has 2 unspecified atom stereocenters. The number of nitrogens with zero attached hydrogens (tertiary/aromatic N) is 1. The molecule has 1 N–H and O–H groups in total. The molecule has 0 fully saturated rings. The first-order valence-electron chi connectivity index (χ1n) is 21.5. The minimum absolute atomic E-state index is 0.0523. The molecule has 0 aromatic heterocycles. The number of rotatable bonds is 38. The molecule has 2 atom stereocenters. The number of hydrogen-bond acceptors (Lipinski definition) is 6. The van der Waals surface area contributed by atoms with Crippen molar-refractivity contribution in [1.82, 2.24) is 0 Å². The molecule has 0 aliphatic carbocycles. The van der Waals surface area contributed by atoms with Gasteiger partial charge in [-0.2, -0.15) is 0 Å². The van der Waals surface area contributed by atoms with Gasteiger partial charge in [0.15, 0.2) is 12.1 Å². The molecule has 0 bridgehead atoms. The maximum absolute atomic E-state index is 12.6. The first kappa shape index (κ1) is 50.5. The molecular weight excluding hydrogens is 666 g/mol. The van der Waals surface area contributed by atoms with Gasteiger partial charge in [0.2, 0.25) is 0 Å². The van der Waals surface area contributed by atoms with Crippen molar-refractivity contribution in [1.29, 1.82) is 0 Å². The van der Waals surface area contributed by atoms with E-state index >= 15 is 0 Å². The van der Waals surface area contributed by atoms with Crippen LogP contribution in [0.2, 0.25) is 0 Å². The Labute approximate surface area is 325 Å². The van der Waals surface area contributed by atoms with Crippen LogP contribution in [0.15, 0.2) is 36.5 Å². The van der Waals surface area contributed by atoms with Gasteiger partial charge >= 0.3 is 17.9 Å². The molecule has 0 amide bonds. The zero-order valence-corrected chi connectivity index (χ0v) is 35.0. The first-order valence-corrected chi connectivity index (χ1v) is 21.5. The average Bonchev–Trinajstić information content (AvgIpc) is 3.11. The molecule has 0 aromatic carbocycles. The number of carboxylic acid groups (broad SMARTS) is 1. The van der Waals surface area contributed by atoms with E-state index < -0.39 is 18.1 Å². The van der Waals surface area contributed by atoms with E-state index in [-0.39, 0.29) is 36.2 Å². The number of carbonyl (C=O) groups is 3. The van der Waals surface area contributed by atoms with E-state index in [0.717, 1.165) is 51.4 Å². The van der Waals surface area contributed by atoms with Gasteiger partial charge in [-0.05, 0) is 51.4 Å². The summed E-state index contributed by atoms with van der Waals surface area (Å²) in [5.41, 5.74) is 0. The number of quaternary nitrogens is 1. The summed E-state index contributed by atoms with van der Waals surface area (Å²) in [4.78, 5) is 36.7. The van der Waals surface area contributed by atoms with E-state index in [0.29, 0.717) is 19.3 Å². The minimum atomic E-state index is -0.877. The molecule has 0 aliphatic heterocycles. The van der Waals surface area contributed by atoms with E-state index in [2.05, 4.69) is 50.3 Å². The molecule has 8 heteroatoms. The van der Waals surface area contributed by atoms with Crippen molar-refractivity contribution in [2.75, 3.05) is 41.0 Å². The smallest absolute Gasteiger partial charge is 0.362 e. The molecule has 8 nitrogen and oxygen atoms in total. The molecule has 0 saturated heterocycles. The lowest BCUT2D eigenvalue weighted by molar-refractivity contribution is -0.887. The van der Waals surface area contributed by atoms with Crippen molar-refractivity contribution < 1.29 is 38.2 Å². The van der Waals surface area contributed by atoms with Crippen LogP contribution in [0.25, 0.3) is 0 Å². The number of esters is 2. The van der Waals surface area contributed by atoms with E-state index in [9.17, 15) is 19.5 Å². The Morgan fingerprint density at radius 2 is 1.00 bits per heavy atom. The monoisotopic (exact) mass is 749 g/mol. The summed E-state index contributed by atoms with van der Waals surface area (Å²) < 4.78 is 17.2. The molecule has 0 saturated carbocycles. The lowest BCUT2D eigenvalue weighted by atomic mass is 10.1. The van der Waals surface area contributed by atoms with Crippen LogP contribution in [0.3, 0.4) is 0 Å². The van der Waals surface area contributed by atoms with Crippen LogP contribution in [0.4, 0.5) is 0 Å². The maximum atomic E-state index is 12.6. The van der Waals surface area contributed by atoms with Crippen LogP contribution in [0, 0.1) is 0 Å². The van der Waals surface area contributed by atoms with Crippen molar-refractivity contribution in [3.05, 3.63) is 36.5 Å². The third kappa shape index (κ3) is 35.0.